The van der Waals surface area contributed by atoms with Gasteiger partial charge in [-0.1, -0.05) is 6.42 Å². The lowest BCUT2D eigenvalue weighted by atomic mass is 9.98. The number of hydrogen-bond acceptors (Lipinski definition) is 4. The highest BCUT2D eigenvalue weighted by Crippen LogP contribution is 2.22. The molecule has 1 amide bonds. The van der Waals surface area contributed by atoms with E-state index in [-0.39, 0.29) is 18.1 Å². The molecule has 1 atom stereocenters. The maximum Gasteiger partial charge on any atom is 0.251 e. The van der Waals surface area contributed by atoms with Crippen molar-refractivity contribution in [3.8, 4) is 5.88 Å². The highest BCUT2D eigenvalue weighted by molar-refractivity contribution is 5.94. The summed E-state index contributed by atoms with van der Waals surface area (Å²) in [5, 5.41) is 3.09. The lowest BCUT2D eigenvalue weighted by Crippen LogP contribution is -2.36. The van der Waals surface area contributed by atoms with Gasteiger partial charge in [0.2, 0.25) is 5.88 Å². The molecule has 1 fully saturated rings. The molecule has 6 nitrogen and oxygen atoms in total. The van der Waals surface area contributed by atoms with Crippen LogP contribution in [0.2, 0.25) is 0 Å². The monoisotopic (exact) mass is 326 g/mol. The lowest BCUT2D eigenvalue weighted by molar-refractivity contribution is 0.0934. The van der Waals surface area contributed by atoms with E-state index < -0.39 is 0 Å². The van der Waals surface area contributed by atoms with Gasteiger partial charge in [0.1, 0.15) is 6.10 Å². The number of hydrogen-bond donors (Lipinski definition) is 1. The summed E-state index contributed by atoms with van der Waals surface area (Å²) in [6.07, 6.45) is 12.2. The van der Waals surface area contributed by atoms with Crippen molar-refractivity contribution in [1.82, 2.24) is 19.9 Å². The fourth-order valence-electron chi connectivity index (χ4n) is 3.57. The molecule has 2 aromatic heterocycles. The number of rotatable bonds is 4. The molecule has 0 spiro atoms. The number of carbonyl (C=O) groups excluding carboxylic acids is 1. The molecule has 0 aromatic carbocycles. The van der Waals surface area contributed by atoms with E-state index in [1.807, 2.05) is 12.5 Å². The van der Waals surface area contributed by atoms with Gasteiger partial charge in [0.05, 0.1) is 12.4 Å². The SMILES string of the molecule is O=C(N[C@@H]1Cc2cncn2C1)c1ccnc(OC2CCCCC2)c1. The van der Waals surface area contributed by atoms with E-state index in [2.05, 4.69) is 19.9 Å². The molecule has 0 radical (unpaired) electrons. The van der Waals surface area contributed by atoms with Crippen molar-refractivity contribution in [3.63, 3.8) is 0 Å². The number of fused-ring (bicyclic) bond motifs is 1. The van der Waals surface area contributed by atoms with E-state index in [4.69, 9.17) is 4.74 Å². The molecular weight excluding hydrogens is 304 g/mol. The summed E-state index contributed by atoms with van der Waals surface area (Å²) in [5.41, 5.74) is 1.77. The van der Waals surface area contributed by atoms with E-state index >= 15 is 0 Å². The van der Waals surface area contributed by atoms with Crippen molar-refractivity contribution in [2.45, 2.75) is 57.2 Å². The van der Waals surface area contributed by atoms with Crippen molar-refractivity contribution in [2.75, 3.05) is 0 Å². The lowest BCUT2D eigenvalue weighted by Gasteiger charge is -2.22. The largest absolute Gasteiger partial charge is 0.474 e. The molecule has 1 N–H and O–H groups in total. The van der Waals surface area contributed by atoms with Gasteiger partial charge >= 0.3 is 0 Å². The fourth-order valence-corrected chi connectivity index (χ4v) is 3.57. The van der Waals surface area contributed by atoms with Crippen molar-refractivity contribution in [2.24, 2.45) is 0 Å². The minimum atomic E-state index is -0.0744. The Balaban J connectivity index is 1.37. The topological polar surface area (TPSA) is 69.0 Å². The molecule has 126 valence electrons. The van der Waals surface area contributed by atoms with Crippen LogP contribution in [0.4, 0.5) is 0 Å². The zero-order valence-electron chi connectivity index (χ0n) is 13.6. The molecule has 2 aromatic rings. The third kappa shape index (κ3) is 3.27. The second-order valence-electron chi connectivity index (χ2n) is 6.67. The minimum absolute atomic E-state index is 0.0744. The second-order valence-corrected chi connectivity index (χ2v) is 6.67. The van der Waals surface area contributed by atoms with Gasteiger partial charge in [0.15, 0.2) is 0 Å². The molecule has 4 rings (SSSR count). The average Bonchev–Trinajstić information content (AvgIpc) is 3.17. The third-order valence-electron chi connectivity index (χ3n) is 4.84. The maximum atomic E-state index is 12.5. The van der Waals surface area contributed by atoms with Gasteiger partial charge < -0.3 is 14.6 Å². The highest BCUT2D eigenvalue weighted by atomic mass is 16.5. The zero-order chi connectivity index (χ0) is 16.4. The molecule has 0 unspecified atom stereocenters. The summed E-state index contributed by atoms with van der Waals surface area (Å²) in [7, 11) is 0. The van der Waals surface area contributed by atoms with Crippen molar-refractivity contribution in [1.29, 1.82) is 0 Å². The summed E-state index contributed by atoms with van der Waals surface area (Å²) in [6, 6.07) is 3.60. The minimum Gasteiger partial charge on any atom is -0.474 e. The van der Waals surface area contributed by atoms with Crippen molar-refractivity contribution >= 4 is 5.91 Å². The van der Waals surface area contributed by atoms with Crippen LogP contribution in [-0.4, -0.2) is 32.6 Å². The first-order valence-corrected chi connectivity index (χ1v) is 8.70. The van der Waals surface area contributed by atoms with Crippen LogP contribution in [0, 0.1) is 0 Å². The Morgan fingerprint density at radius 2 is 2.17 bits per heavy atom. The number of ether oxygens (including phenoxy) is 1. The average molecular weight is 326 g/mol. The van der Waals surface area contributed by atoms with Crippen LogP contribution in [0.15, 0.2) is 30.9 Å². The molecule has 1 saturated carbocycles. The highest BCUT2D eigenvalue weighted by Gasteiger charge is 2.23. The number of pyridine rings is 1. The normalized spacial score (nSPS) is 20.6. The Bertz CT molecular complexity index is 701. The first-order chi connectivity index (χ1) is 11.8. The second kappa shape index (κ2) is 6.63. The van der Waals surface area contributed by atoms with E-state index in [1.54, 1.807) is 18.3 Å². The van der Waals surface area contributed by atoms with Gasteiger partial charge in [-0.2, -0.15) is 0 Å². The Kier molecular flexibility index (Phi) is 4.19. The summed E-state index contributed by atoms with van der Waals surface area (Å²) in [4.78, 5) is 20.9. The number of aromatic nitrogens is 3. The molecule has 6 heteroatoms. The van der Waals surface area contributed by atoms with E-state index in [1.165, 1.54) is 19.3 Å². The Hall–Kier alpha value is -2.37. The maximum absolute atomic E-state index is 12.5. The number of nitrogens with zero attached hydrogens (tertiary/aromatic N) is 3. The molecule has 24 heavy (non-hydrogen) atoms. The van der Waals surface area contributed by atoms with E-state index in [0.717, 1.165) is 31.5 Å². The molecule has 2 aliphatic rings. The van der Waals surface area contributed by atoms with Gasteiger partial charge in [-0.15, -0.1) is 0 Å². The van der Waals surface area contributed by atoms with Crippen LogP contribution in [0.1, 0.15) is 48.2 Å². The van der Waals surface area contributed by atoms with Crippen LogP contribution in [0.25, 0.3) is 0 Å². The van der Waals surface area contributed by atoms with Crippen LogP contribution >= 0.6 is 0 Å². The Morgan fingerprint density at radius 3 is 3.00 bits per heavy atom. The van der Waals surface area contributed by atoms with Gasteiger partial charge in [-0.25, -0.2) is 9.97 Å². The first kappa shape index (κ1) is 15.2. The quantitative estimate of drug-likeness (QED) is 0.936. The fraction of sp³-hybridized carbons (Fsp3) is 0.500. The summed E-state index contributed by atoms with van der Waals surface area (Å²) in [5.74, 6) is 0.478. The predicted octanol–water partition coefficient (Wildman–Crippen LogP) is 2.34. The van der Waals surface area contributed by atoms with Crippen molar-refractivity contribution < 1.29 is 9.53 Å². The molecule has 1 aliphatic carbocycles. The van der Waals surface area contributed by atoms with Gasteiger partial charge in [-0.05, 0) is 31.7 Å². The third-order valence-corrected chi connectivity index (χ3v) is 4.84. The van der Waals surface area contributed by atoms with Crippen LogP contribution in [-0.2, 0) is 13.0 Å². The number of nitrogens with one attached hydrogen (secondary N) is 1. The van der Waals surface area contributed by atoms with Gasteiger partial charge in [0.25, 0.3) is 5.91 Å². The number of imidazole rings is 1. The molecule has 0 saturated heterocycles. The first-order valence-electron chi connectivity index (χ1n) is 8.70. The van der Waals surface area contributed by atoms with E-state index in [9.17, 15) is 4.79 Å². The zero-order valence-corrected chi connectivity index (χ0v) is 13.6. The van der Waals surface area contributed by atoms with Crippen LogP contribution in [0.5, 0.6) is 5.88 Å². The standard InChI is InChI=1S/C18H22N4O2/c23-18(21-14-9-15-10-19-12-22(15)11-14)13-6-7-20-17(8-13)24-16-4-2-1-3-5-16/h6-8,10,12,14,16H,1-5,9,11H2,(H,21,23)/t14-/m1/s1. The Morgan fingerprint density at radius 1 is 1.29 bits per heavy atom. The number of carbonyl (C=O) groups is 1. The summed E-state index contributed by atoms with van der Waals surface area (Å²) in [6.45, 7) is 0.775. The smallest absolute Gasteiger partial charge is 0.251 e. The van der Waals surface area contributed by atoms with Crippen molar-refractivity contribution in [3.05, 3.63) is 42.1 Å². The van der Waals surface area contributed by atoms with Crippen LogP contribution < -0.4 is 10.1 Å². The van der Waals surface area contributed by atoms with Crippen LogP contribution in [0.3, 0.4) is 0 Å². The molecule has 0 bridgehead atoms. The number of amides is 1. The molecule has 3 heterocycles. The molecular formula is C18H22N4O2. The summed E-state index contributed by atoms with van der Waals surface area (Å²) < 4.78 is 8.03. The Labute approximate surface area is 141 Å². The van der Waals surface area contributed by atoms with E-state index in [0.29, 0.717) is 11.4 Å². The predicted molar refractivity (Wildman–Crippen MR) is 88.9 cm³/mol. The van der Waals surface area contributed by atoms with Gasteiger partial charge in [-0.3, -0.25) is 4.79 Å². The summed E-state index contributed by atoms with van der Waals surface area (Å²) >= 11 is 0. The van der Waals surface area contributed by atoms with Gasteiger partial charge in [0, 0.05) is 42.7 Å². The molecule has 1 aliphatic heterocycles.